The van der Waals surface area contributed by atoms with Crippen LogP contribution < -0.4 is 5.32 Å². The largest absolute Gasteiger partial charge is 0.379 e. The fraction of sp³-hybridized carbons (Fsp3) is 0.357. The van der Waals surface area contributed by atoms with Gasteiger partial charge in [-0.05, 0) is 25.5 Å². The zero-order chi connectivity index (χ0) is 14.0. The fourth-order valence-corrected chi connectivity index (χ4v) is 2.47. The number of hydrogen-bond donors (Lipinski definition) is 1. The summed E-state index contributed by atoms with van der Waals surface area (Å²) in [6.07, 6.45) is 0. The first-order valence-electron chi connectivity index (χ1n) is 6.15. The monoisotopic (exact) mass is 297 g/mol. The number of rotatable bonds is 4. The van der Waals surface area contributed by atoms with Crippen LogP contribution in [0.3, 0.4) is 0 Å². The van der Waals surface area contributed by atoms with E-state index in [1.165, 1.54) is 0 Å². The molecule has 0 aliphatic rings. The van der Waals surface area contributed by atoms with Crippen LogP contribution in [0.2, 0.25) is 5.02 Å². The van der Waals surface area contributed by atoms with Crippen molar-refractivity contribution in [3.8, 4) is 0 Å². The Bertz CT molecular complexity index is 576. The minimum atomic E-state index is -0.0348. The molecule has 0 radical (unpaired) electrons. The van der Waals surface area contributed by atoms with Crippen LogP contribution in [0.1, 0.15) is 29.3 Å². The molecular weight excluding hydrogens is 281 g/mol. The van der Waals surface area contributed by atoms with Crippen LogP contribution in [0.5, 0.6) is 0 Å². The summed E-state index contributed by atoms with van der Waals surface area (Å²) >= 11 is 12.4. The van der Waals surface area contributed by atoms with Crippen LogP contribution in [0.15, 0.2) is 24.3 Å². The highest BCUT2D eigenvalue weighted by molar-refractivity contribution is 6.31. The molecule has 0 amide bonds. The molecule has 5 heteroatoms. The van der Waals surface area contributed by atoms with Crippen molar-refractivity contribution in [2.24, 2.45) is 7.05 Å². The lowest BCUT2D eigenvalue weighted by molar-refractivity contribution is 0.713. The average molecular weight is 298 g/mol. The summed E-state index contributed by atoms with van der Waals surface area (Å²) in [5, 5.41) is 8.35. The van der Waals surface area contributed by atoms with Crippen molar-refractivity contribution in [3.63, 3.8) is 0 Å². The van der Waals surface area contributed by atoms with E-state index < -0.39 is 0 Å². The van der Waals surface area contributed by atoms with Gasteiger partial charge in [-0.25, -0.2) is 0 Å². The fourth-order valence-electron chi connectivity index (χ4n) is 2.06. The number of para-hydroxylation sites is 1. The third kappa shape index (κ3) is 3.04. The SMILES string of the molecule is Cc1nn(C)c(CNc2ccccc2C(C)Cl)c1Cl. The highest BCUT2D eigenvalue weighted by Gasteiger charge is 2.12. The molecular formula is C14H17Cl2N3. The van der Waals surface area contributed by atoms with Gasteiger partial charge in [0, 0.05) is 12.7 Å². The molecule has 19 heavy (non-hydrogen) atoms. The third-order valence-corrected chi connectivity index (χ3v) is 3.82. The highest BCUT2D eigenvalue weighted by Crippen LogP contribution is 2.28. The number of aromatic nitrogens is 2. The second-order valence-corrected chi connectivity index (χ2v) is 5.56. The number of nitrogens with zero attached hydrogens (tertiary/aromatic N) is 2. The Kier molecular flexibility index (Phi) is 4.38. The Labute approximate surface area is 123 Å². The molecule has 1 unspecified atom stereocenters. The van der Waals surface area contributed by atoms with Gasteiger partial charge >= 0.3 is 0 Å². The molecule has 1 heterocycles. The van der Waals surface area contributed by atoms with E-state index in [2.05, 4.69) is 10.4 Å². The van der Waals surface area contributed by atoms with Crippen LogP contribution >= 0.6 is 23.2 Å². The highest BCUT2D eigenvalue weighted by atomic mass is 35.5. The van der Waals surface area contributed by atoms with Crippen molar-refractivity contribution >= 4 is 28.9 Å². The zero-order valence-electron chi connectivity index (χ0n) is 11.2. The molecule has 0 aliphatic heterocycles. The van der Waals surface area contributed by atoms with Crippen LogP contribution in [0, 0.1) is 6.92 Å². The van der Waals surface area contributed by atoms with Crippen molar-refractivity contribution in [1.82, 2.24) is 9.78 Å². The molecule has 0 saturated carbocycles. The third-order valence-electron chi connectivity index (χ3n) is 3.10. The normalized spacial score (nSPS) is 12.5. The molecule has 1 aromatic heterocycles. The van der Waals surface area contributed by atoms with Crippen molar-refractivity contribution in [3.05, 3.63) is 46.2 Å². The number of benzene rings is 1. The molecule has 2 aromatic rings. The molecule has 0 saturated heterocycles. The molecule has 1 N–H and O–H groups in total. The van der Waals surface area contributed by atoms with E-state index in [1.54, 1.807) is 4.68 Å². The Balaban J connectivity index is 2.19. The van der Waals surface area contributed by atoms with Gasteiger partial charge in [0.1, 0.15) is 0 Å². The average Bonchev–Trinajstić information content (AvgIpc) is 2.61. The molecule has 1 aromatic carbocycles. The van der Waals surface area contributed by atoms with Crippen molar-refractivity contribution in [2.75, 3.05) is 5.32 Å². The number of alkyl halides is 1. The molecule has 102 valence electrons. The number of anilines is 1. The lowest BCUT2D eigenvalue weighted by Crippen LogP contribution is -2.07. The van der Waals surface area contributed by atoms with Gasteiger partial charge in [-0.1, -0.05) is 29.8 Å². The maximum absolute atomic E-state index is 6.23. The summed E-state index contributed by atoms with van der Waals surface area (Å²) in [5.41, 5.74) is 3.93. The summed E-state index contributed by atoms with van der Waals surface area (Å²) in [6.45, 7) is 4.49. The number of nitrogens with one attached hydrogen (secondary N) is 1. The zero-order valence-corrected chi connectivity index (χ0v) is 12.8. The van der Waals surface area contributed by atoms with Crippen molar-refractivity contribution in [2.45, 2.75) is 25.8 Å². The Morgan fingerprint density at radius 3 is 2.63 bits per heavy atom. The van der Waals surface area contributed by atoms with Gasteiger partial charge in [0.2, 0.25) is 0 Å². The molecule has 0 fully saturated rings. The smallest absolute Gasteiger partial charge is 0.0865 e. The molecule has 2 rings (SSSR count). The van der Waals surface area contributed by atoms with Gasteiger partial charge in [0.25, 0.3) is 0 Å². The van der Waals surface area contributed by atoms with Crippen LogP contribution in [0.4, 0.5) is 5.69 Å². The summed E-state index contributed by atoms with van der Waals surface area (Å²) in [6, 6.07) is 8.02. The van der Waals surface area contributed by atoms with Crippen LogP contribution in [0.25, 0.3) is 0 Å². The predicted molar refractivity (Wildman–Crippen MR) is 81.0 cm³/mol. The van der Waals surface area contributed by atoms with Crippen molar-refractivity contribution < 1.29 is 0 Å². The molecule has 3 nitrogen and oxygen atoms in total. The minimum absolute atomic E-state index is 0.0348. The Morgan fingerprint density at radius 1 is 1.37 bits per heavy atom. The molecule has 0 aliphatic carbocycles. The summed E-state index contributed by atoms with van der Waals surface area (Å²) < 4.78 is 1.80. The number of halogens is 2. The van der Waals surface area contributed by atoms with E-state index in [0.29, 0.717) is 11.6 Å². The topological polar surface area (TPSA) is 29.9 Å². The minimum Gasteiger partial charge on any atom is -0.379 e. The van der Waals surface area contributed by atoms with E-state index in [-0.39, 0.29) is 5.38 Å². The number of aryl methyl sites for hydroxylation is 2. The van der Waals surface area contributed by atoms with Gasteiger partial charge < -0.3 is 5.32 Å². The van der Waals surface area contributed by atoms with Gasteiger partial charge in [-0.15, -0.1) is 11.6 Å². The quantitative estimate of drug-likeness (QED) is 0.853. The van der Waals surface area contributed by atoms with E-state index in [4.69, 9.17) is 23.2 Å². The van der Waals surface area contributed by atoms with Gasteiger partial charge in [0.15, 0.2) is 0 Å². The first-order valence-corrected chi connectivity index (χ1v) is 6.97. The van der Waals surface area contributed by atoms with Gasteiger partial charge in [0.05, 0.1) is 28.3 Å². The summed E-state index contributed by atoms with van der Waals surface area (Å²) in [4.78, 5) is 0. The van der Waals surface area contributed by atoms with E-state index in [9.17, 15) is 0 Å². The number of hydrogen-bond acceptors (Lipinski definition) is 2. The summed E-state index contributed by atoms with van der Waals surface area (Å²) in [7, 11) is 1.89. The first kappa shape index (κ1) is 14.2. The molecule has 0 bridgehead atoms. The van der Waals surface area contributed by atoms with E-state index in [1.807, 2.05) is 45.2 Å². The second kappa shape index (κ2) is 5.85. The van der Waals surface area contributed by atoms with E-state index in [0.717, 1.165) is 22.6 Å². The van der Waals surface area contributed by atoms with Crippen LogP contribution in [-0.4, -0.2) is 9.78 Å². The summed E-state index contributed by atoms with van der Waals surface area (Å²) in [5.74, 6) is 0. The first-order chi connectivity index (χ1) is 9.00. The molecule has 0 spiro atoms. The lowest BCUT2D eigenvalue weighted by Gasteiger charge is -2.13. The van der Waals surface area contributed by atoms with Crippen LogP contribution in [-0.2, 0) is 13.6 Å². The second-order valence-electron chi connectivity index (χ2n) is 4.53. The predicted octanol–water partition coefficient (Wildman–Crippen LogP) is 4.29. The maximum atomic E-state index is 6.23. The Hall–Kier alpha value is -1.19. The van der Waals surface area contributed by atoms with Crippen molar-refractivity contribution in [1.29, 1.82) is 0 Å². The van der Waals surface area contributed by atoms with Gasteiger partial charge in [-0.2, -0.15) is 5.10 Å². The lowest BCUT2D eigenvalue weighted by atomic mass is 10.1. The van der Waals surface area contributed by atoms with Gasteiger partial charge in [-0.3, -0.25) is 4.68 Å². The molecule has 1 atom stereocenters. The standard InChI is InChI=1S/C14H17Cl2N3/c1-9(15)11-6-4-5-7-12(11)17-8-13-14(16)10(2)18-19(13)3/h4-7,9,17H,8H2,1-3H3. The Morgan fingerprint density at radius 2 is 2.05 bits per heavy atom. The maximum Gasteiger partial charge on any atom is 0.0865 e. The van der Waals surface area contributed by atoms with E-state index >= 15 is 0 Å².